The van der Waals surface area contributed by atoms with Crippen LogP contribution in [0.1, 0.15) is 39.8 Å². The Balaban J connectivity index is 1.54. The number of amides is 1. The SMILES string of the molecule is COc1ccc2[nH]cc(C3=CCN(C(=O)c4cc(C(C)=O)c[nH]4)CC3)c2c1. The lowest BCUT2D eigenvalue weighted by Gasteiger charge is -2.26. The van der Waals surface area contributed by atoms with E-state index in [1.807, 2.05) is 24.4 Å². The number of nitrogens with one attached hydrogen (secondary N) is 2. The third-order valence-electron chi connectivity index (χ3n) is 5.05. The molecule has 0 aliphatic carbocycles. The summed E-state index contributed by atoms with van der Waals surface area (Å²) in [6, 6.07) is 7.59. The smallest absolute Gasteiger partial charge is 0.270 e. The zero-order valence-electron chi connectivity index (χ0n) is 15.3. The Morgan fingerprint density at radius 1 is 1.15 bits per heavy atom. The number of hydrogen-bond acceptors (Lipinski definition) is 3. The van der Waals surface area contributed by atoms with Crippen LogP contribution in [0.4, 0.5) is 0 Å². The number of methoxy groups -OCH3 is 1. The average molecular weight is 363 g/mol. The van der Waals surface area contributed by atoms with Gasteiger partial charge in [0.1, 0.15) is 11.4 Å². The molecule has 3 aromatic rings. The zero-order chi connectivity index (χ0) is 19.0. The van der Waals surface area contributed by atoms with Crippen LogP contribution >= 0.6 is 0 Å². The highest BCUT2D eigenvalue weighted by molar-refractivity contribution is 5.99. The Morgan fingerprint density at radius 3 is 2.67 bits per heavy atom. The molecule has 4 rings (SSSR count). The maximum atomic E-state index is 12.7. The summed E-state index contributed by atoms with van der Waals surface area (Å²) in [4.78, 5) is 32.1. The molecule has 0 fully saturated rings. The van der Waals surface area contributed by atoms with Gasteiger partial charge in [-0.3, -0.25) is 9.59 Å². The molecule has 0 atom stereocenters. The van der Waals surface area contributed by atoms with Crippen LogP contribution in [0.3, 0.4) is 0 Å². The molecule has 0 spiro atoms. The number of carbonyl (C=O) groups excluding carboxylic acids is 2. The standard InChI is InChI=1S/C21H21N3O3/c1-13(25)15-9-20(22-11-15)21(26)24-7-5-14(6-8-24)18-12-23-19-4-3-16(27-2)10-17(18)19/h3-5,9-12,22-23H,6-8H2,1-2H3. The normalized spacial score (nSPS) is 14.3. The summed E-state index contributed by atoms with van der Waals surface area (Å²) in [5.41, 5.74) is 4.41. The number of H-pyrrole nitrogens is 2. The van der Waals surface area contributed by atoms with Gasteiger partial charge in [0.25, 0.3) is 5.91 Å². The van der Waals surface area contributed by atoms with E-state index >= 15 is 0 Å². The van der Waals surface area contributed by atoms with Crippen LogP contribution in [-0.2, 0) is 0 Å². The molecule has 0 unspecified atom stereocenters. The quantitative estimate of drug-likeness (QED) is 0.695. The van der Waals surface area contributed by atoms with Gasteiger partial charge in [-0.1, -0.05) is 6.08 Å². The van der Waals surface area contributed by atoms with Crippen molar-refractivity contribution in [1.82, 2.24) is 14.9 Å². The Bertz CT molecular complexity index is 1060. The molecule has 27 heavy (non-hydrogen) atoms. The number of nitrogens with zero attached hydrogens (tertiary/aromatic N) is 1. The number of aromatic nitrogens is 2. The monoisotopic (exact) mass is 363 g/mol. The van der Waals surface area contributed by atoms with Crippen molar-refractivity contribution in [3.05, 3.63) is 59.6 Å². The largest absolute Gasteiger partial charge is 0.497 e. The number of carbonyl (C=O) groups is 2. The minimum absolute atomic E-state index is 0.0547. The molecule has 6 heteroatoms. The van der Waals surface area contributed by atoms with Gasteiger partial charge in [0.05, 0.1) is 7.11 Å². The summed E-state index contributed by atoms with van der Waals surface area (Å²) in [5, 5.41) is 1.12. The topological polar surface area (TPSA) is 78.2 Å². The first-order chi connectivity index (χ1) is 13.1. The van der Waals surface area contributed by atoms with Crippen molar-refractivity contribution in [2.75, 3.05) is 20.2 Å². The van der Waals surface area contributed by atoms with Crippen molar-refractivity contribution in [3.8, 4) is 5.75 Å². The average Bonchev–Trinajstić information content (AvgIpc) is 3.34. The maximum Gasteiger partial charge on any atom is 0.270 e. The molecule has 1 aromatic carbocycles. The molecule has 2 N–H and O–H groups in total. The molecule has 1 aliphatic heterocycles. The lowest BCUT2D eigenvalue weighted by Crippen LogP contribution is -2.34. The number of hydrogen-bond donors (Lipinski definition) is 2. The molecule has 2 aromatic heterocycles. The van der Waals surface area contributed by atoms with E-state index in [9.17, 15) is 9.59 Å². The highest BCUT2D eigenvalue weighted by atomic mass is 16.5. The van der Waals surface area contributed by atoms with E-state index in [1.54, 1.807) is 24.3 Å². The van der Waals surface area contributed by atoms with Crippen LogP contribution < -0.4 is 4.74 Å². The molecule has 1 amide bonds. The summed E-state index contributed by atoms with van der Waals surface area (Å²) in [6.07, 6.45) is 6.46. The predicted molar refractivity (Wildman–Crippen MR) is 104 cm³/mol. The molecule has 0 bridgehead atoms. The number of Topliss-reactive ketones (excluding diaryl/α,β-unsaturated/α-hetero) is 1. The van der Waals surface area contributed by atoms with E-state index in [0.29, 0.717) is 24.3 Å². The maximum absolute atomic E-state index is 12.7. The zero-order valence-corrected chi connectivity index (χ0v) is 15.3. The fourth-order valence-corrected chi connectivity index (χ4v) is 3.48. The van der Waals surface area contributed by atoms with Crippen LogP contribution in [0, 0.1) is 0 Å². The molecule has 3 heterocycles. The summed E-state index contributed by atoms with van der Waals surface area (Å²) in [5.74, 6) is 0.684. The van der Waals surface area contributed by atoms with Crippen LogP contribution in [0.25, 0.3) is 16.5 Å². The van der Waals surface area contributed by atoms with Gasteiger partial charge in [-0.25, -0.2) is 0 Å². The second-order valence-corrected chi connectivity index (χ2v) is 6.70. The molecular weight excluding hydrogens is 342 g/mol. The van der Waals surface area contributed by atoms with Gasteiger partial charge < -0.3 is 19.6 Å². The number of aromatic amines is 2. The first-order valence-electron chi connectivity index (χ1n) is 8.90. The van der Waals surface area contributed by atoms with Gasteiger partial charge in [-0.15, -0.1) is 0 Å². The van der Waals surface area contributed by atoms with E-state index < -0.39 is 0 Å². The lowest BCUT2D eigenvalue weighted by molar-refractivity contribution is 0.0767. The van der Waals surface area contributed by atoms with Crippen molar-refractivity contribution in [2.24, 2.45) is 0 Å². The van der Waals surface area contributed by atoms with Crippen LogP contribution in [0.5, 0.6) is 5.75 Å². The summed E-state index contributed by atoms with van der Waals surface area (Å²) >= 11 is 0. The molecule has 1 aliphatic rings. The Hall–Kier alpha value is -3.28. The van der Waals surface area contributed by atoms with Gasteiger partial charge >= 0.3 is 0 Å². The van der Waals surface area contributed by atoms with E-state index in [4.69, 9.17) is 4.74 Å². The van der Waals surface area contributed by atoms with Crippen LogP contribution in [-0.4, -0.2) is 46.8 Å². The predicted octanol–water partition coefficient (Wildman–Crippen LogP) is 3.64. The summed E-state index contributed by atoms with van der Waals surface area (Å²) in [6.45, 7) is 2.67. The summed E-state index contributed by atoms with van der Waals surface area (Å²) < 4.78 is 5.34. The Kier molecular flexibility index (Phi) is 4.32. The van der Waals surface area contributed by atoms with Gasteiger partial charge in [-0.05, 0) is 43.2 Å². The van der Waals surface area contributed by atoms with E-state index in [2.05, 4.69) is 16.0 Å². The third-order valence-corrected chi connectivity index (χ3v) is 5.05. The second-order valence-electron chi connectivity index (χ2n) is 6.70. The minimum Gasteiger partial charge on any atom is -0.497 e. The van der Waals surface area contributed by atoms with Gasteiger partial charge in [-0.2, -0.15) is 0 Å². The van der Waals surface area contributed by atoms with Gasteiger partial charge in [0.15, 0.2) is 5.78 Å². The molecule has 6 nitrogen and oxygen atoms in total. The van der Waals surface area contributed by atoms with Crippen molar-refractivity contribution in [2.45, 2.75) is 13.3 Å². The van der Waals surface area contributed by atoms with Crippen LogP contribution in [0.2, 0.25) is 0 Å². The fourth-order valence-electron chi connectivity index (χ4n) is 3.48. The van der Waals surface area contributed by atoms with Crippen molar-refractivity contribution >= 4 is 28.2 Å². The van der Waals surface area contributed by atoms with E-state index in [0.717, 1.165) is 28.6 Å². The molecule has 0 saturated carbocycles. The Morgan fingerprint density at radius 2 is 2.00 bits per heavy atom. The Labute approximate surface area is 156 Å². The van der Waals surface area contributed by atoms with Crippen molar-refractivity contribution in [3.63, 3.8) is 0 Å². The van der Waals surface area contributed by atoms with E-state index in [-0.39, 0.29) is 11.7 Å². The lowest BCUT2D eigenvalue weighted by atomic mass is 9.98. The number of fused-ring (bicyclic) bond motifs is 1. The van der Waals surface area contributed by atoms with Crippen molar-refractivity contribution in [1.29, 1.82) is 0 Å². The van der Waals surface area contributed by atoms with E-state index in [1.165, 1.54) is 12.5 Å². The highest BCUT2D eigenvalue weighted by Crippen LogP contribution is 2.31. The summed E-state index contributed by atoms with van der Waals surface area (Å²) in [7, 11) is 1.66. The third kappa shape index (κ3) is 3.14. The molecule has 138 valence electrons. The number of ether oxygens (including phenoxy) is 1. The van der Waals surface area contributed by atoms with Crippen LogP contribution in [0.15, 0.2) is 42.7 Å². The number of rotatable bonds is 4. The van der Waals surface area contributed by atoms with Gasteiger partial charge in [0.2, 0.25) is 0 Å². The first kappa shape index (κ1) is 17.1. The second kappa shape index (κ2) is 6.79. The first-order valence-corrected chi connectivity index (χ1v) is 8.90. The molecule has 0 radical (unpaired) electrons. The highest BCUT2D eigenvalue weighted by Gasteiger charge is 2.22. The minimum atomic E-state index is -0.0848. The fraction of sp³-hybridized carbons (Fsp3) is 0.238. The number of benzene rings is 1. The molecule has 0 saturated heterocycles. The number of ketones is 1. The van der Waals surface area contributed by atoms with Crippen molar-refractivity contribution < 1.29 is 14.3 Å². The van der Waals surface area contributed by atoms with Gasteiger partial charge in [0, 0.05) is 47.5 Å². The molecular formula is C21H21N3O3.